The monoisotopic (exact) mass is 331 g/mol. The zero-order valence-electron chi connectivity index (χ0n) is 12.3. The highest BCUT2D eigenvalue weighted by Crippen LogP contribution is 2.33. The summed E-state index contributed by atoms with van der Waals surface area (Å²) < 4.78 is 2.46. The first kappa shape index (κ1) is 15.2. The molecular weight excluding hydrogens is 318 g/mol. The molecule has 1 amide bonds. The number of anilines is 1. The summed E-state index contributed by atoms with van der Waals surface area (Å²) in [4.78, 5) is 39.9. The van der Waals surface area contributed by atoms with Gasteiger partial charge >= 0.3 is 5.69 Å². The smallest absolute Gasteiger partial charge is 0.302 e. The summed E-state index contributed by atoms with van der Waals surface area (Å²) in [5.74, 6) is -0.245. The standard InChI is InChI=1S/C14H13N5O3S/c1-8(20)16-13-17-10(7-23-13)6-19-12(21)9(4-15)5-18(14(19)22)11-2-3-11/h5,7,11H,2-3,6H2,1H3,(H,16,17,20). The fourth-order valence-electron chi connectivity index (χ4n) is 2.20. The topological polar surface area (TPSA) is 110 Å². The summed E-state index contributed by atoms with van der Waals surface area (Å²) in [7, 11) is 0. The van der Waals surface area contributed by atoms with E-state index in [1.807, 2.05) is 6.07 Å². The predicted molar refractivity (Wildman–Crippen MR) is 83.5 cm³/mol. The van der Waals surface area contributed by atoms with Gasteiger partial charge in [-0.15, -0.1) is 11.3 Å². The summed E-state index contributed by atoms with van der Waals surface area (Å²) in [5, 5.41) is 13.7. The van der Waals surface area contributed by atoms with E-state index in [9.17, 15) is 14.4 Å². The van der Waals surface area contributed by atoms with E-state index in [1.54, 1.807) is 5.38 Å². The van der Waals surface area contributed by atoms with Gasteiger partial charge in [0.2, 0.25) is 5.91 Å². The van der Waals surface area contributed by atoms with Crippen molar-refractivity contribution in [2.45, 2.75) is 32.4 Å². The first-order valence-electron chi connectivity index (χ1n) is 6.97. The Morgan fingerprint density at radius 3 is 2.87 bits per heavy atom. The van der Waals surface area contributed by atoms with Gasteiger partial charge in [0.1, 0.15) is 11.6 Å². The summed E-state index contributed by atoms with van der Waals surface area (Å²) in [5.41, 5.74) is -0.641. The fourth-order valence-corrected chi connectivity index (χ4v) is 2.95. The van der Waals surface area contributed by atoms with E-state index in [4.69, 9.17) is 5.26 Å². The van der Waals surface area contributed by atoms with Crippen molar-refractivity contribution in [1.82, 2.24) is 14.1 Å². The van der Waals surface area contributed by atoms with Crippen LogP contribution in [-0.4, -0.2) is 20.0 Å². The van der Waals surface area contributed by atoms with Crippen LogP contribution in [0.5, 0.6) is 0 Å². The van der Waals surface area contributed by atoms with Gasteiger partial charge in [0.15, 0.2) is 5.13 Å². The quantitative estimate of drug-likeness (QED) is 0.886. The molecule has 0 atom stereocenters. The third-order valence-corrected chi connectivity index (χ3v) is 4.22. The lowest BCUT2D eigenvalue weighted by molar-refractivity contribution is -0.114. The summed E-state index contributed by atoms with van der Waals surface area (Å²) in [6.07, 6.45) is 3.07. The van der Waals surface area contributed by atoms with Crippen LogP contribution < -0.4 is 16.6 Å². The molecule has 3 rings (SSSR count). The number of nitrogens with one attached hydrogen (secondary N) is 1. The Balaban J connectivity index is 1.99. The van der Waals surface area contributed by atoms with Crippen molar-refractivity contribution in [2.75, 3.05) is 5.32 Å². The van der Waals surface area contributed by atoms with Crippen LogP contribution in [0.4, 0.5) is 5.13 Å². The molecule has 118 valence electrons. The van der Waals surface area contributed by atoms with Crippen LogP contribution in [0.25, 0.3) is 0 Å². The highest BCUT2D eigenvalue weighted by atomic mass is 32.1. The number of amides is 1. The number of nitriles is 1. The van der Waals surface area contributed by atoms with Crippen molar-refractivity contribution in [1.29, 1.82) is 5.26 Å². The number of thiazole rings is 1. The van der Waals surface area contributed by atoms with Crippen LogP contribution in [-0.2, 0) is 11.3 Å². The Labute approximate surface area is 134 Å². The molecule has 0 radical (unpaired) electrons. The number of hydrogen-bond acceptors (Lipinski definition) is 6. The average molecular weight is 331 g/mol. The Morgan fingerprint density at radius 2 is 2.26 bits per heavy atom. The molecule has 1 saturated carbocycles. The second-order valence-electron chi connectivity index (χ2n) is 5.29. The minimum atomic E-state index is -0.622. The van der Waals surface area contributed by atoms with Gasteiger partial charge in [0, 0.05) is 24.5 Å². The number of hydrogen-bond donors (Lipinski definition) is 1. The second kappa shape index (κ2) is 5.81. The van der Waals surface area contributed by atoms with Crippen LogP contribution in [0.15, 0.2) is 21.2 Å². The van der Waals surface area contributed by atoms with Gasteiger partial charge in [-0.05, 0) is 12.8 Å². The number of carbonyl (C=O) groups excluding carboxylic acids is 1. The molecule has 0 unspecified atom stereocenters. The molecule has 0 aliphatic heterocycles. The molecule has 1 aliphatic carbocycles. The largest absolute Gasteiger partial charge is 0.331 e. The van der Waals surface area contributed by atoms with Crippen molar-refractivity contribution < 1.29 is 4.79 Å². The molecule has 1 fully saturated rings. The number of aromatic nitrogens is 3. The van der Waals surface area contributed by atoms with E-state index in [-0.39, 0.29) is 24.1 Å². The highest BCUT2D eigenvalue weighted by Gasteiger charge is 2.27. The minimum absolute atomic E-state index is 0.0318. The first-order chi connectivity index (χ1) is 11.0. The SMILES string of the molecule is CC(=O)Nc1nc(Cn2c(=O)c(C#N)cn(C3CC3)c2=O)cs1. The molecule has 2 heterocycles. The summed E-state index contributed by atoms with van der Waals surface area (Å²) >= 11 is 1.21. The molecule has 23 heavy (non-hydrogen) atoms. The first-order valence-corrected chi connectivity index (χ1v) is 7.85. The fraction of sp³-hybridized carbons (Fsp3) is 0.357. The summed E-state index contributed by atoms with van der Waals surface area (Å²) in [6.45, 7) is 1.34. The second-order valence-corrected chi connectivity index (χ2v) is 6.15. The molecule has 0 aromatic carbocycles. The van der Waals surface area contributed by atoms with Crippen molar-refractivity contribution in [3.63, 3.8) is 0 Å². The lowest BCUT2D eigenvalue weighted by Crippen LogP contribution is -2.41. The van der Waals surface area contributed by atoms with Gasteiger partial charge in [-0.2, -0.15) is 5.26 Å². The maximum Gasteiger partial charge on any atom is 0.331 e. The van der Waals surface area contributed by atoms with E-state index in [0.29, 0.717) is 10.8 Å². The molecule has 1 aliphatic rings. The van der Waals surface area contributed by atoms with Gasteiger partial charge < -0.3 is 5.32 Å². The van der Waals surface area contributed by atoms with Crippen LogP contribution in [0.3, 0.4) is 0 Å². The minimum Gasteiger partial charge on any atom is -0.302 e. The molecule has 0 spiro atoms. The van der Waals surface area contributed by atoms with Crippen LogP contribution in [0.2, 0.25) is 0 Å². The maximum absolute atomic E-state index is 12.5. The molecule has 0 bridgehead atoms. The van der Waals surface area contributed by atoms with Gasteiger partial charge in [-0.25, -0.2) is 9.78 Å². The van der Waals surface area contributed by atoms with Gasteiger partial charge in [0.25, 0.3) is 5.56 Å². The van der Waals surface area contributed by atoms with Gasteiger partial charge in [-0.1, -0.05) is 0 Å². The number of rotatable bonds is 4. The van der Waals surface area contributed by atoms with Crippen molar-refractivity contribution in [3.05, 3.63) is 43.7 Å². The van der Waals surface area contributed by atoms with E-state index >= 15 is 0 Å². The third kappa shape index (κ3) is 3.07. The third-order valence-electron chi connectivity index (χ3n) is 3.41. The molecular formula is C14H13N5O3S. The van der Waals surface area contributed by atoms with Crippen molar-refractivity contribution >= 4 is 22.4 Å². The highest BCUT2D eigenvalue weighted by molar-refractivity contribution is 7.13. The van der Waals surface area contributed by atoms with Crippen LogP contribution in [0.1, 0.15) is 37.1 Å². The molecule has 9 heteroatoms. The van der Waals surface area contributed by atoms with Gasteiger partial charge in [-0.3, -0.25) is 18.7 Å². The molecule has 1 N–H and O–H groups in total. The van der Waals surface area contributed by atoms with Crippen molar-refractivity contribution in [2.24, 2.45) is 0 Å². The zero-order chi connectivity index (χ0) is 16.6. The normalized spacial score (nSPS) is 13.6. The van der Waals surface area contributed by atoms with Gasteiger partial charge in [0.05, 0.1) is 12.2 Å². The predicted octanol–water partition coefficient (Wildman–Crippen LogP) is 0.680. The van der Waals surface area contributed by atoms with E-state index in [2.05, 4.69) is 10.3 Å². The van der Waals surface area contributed by atoms with Crippen molar-refractivity contribution in [3.8, 4) is 6.07 Å². The van der Waals surface area contributed by atoms with E-state index in [1.165, 1.54) is 29.0 Å². The summed E-state index contributed by atoms with van der Waals surface area (Å²) in [6, 6.07) is 1.90. The van der Waals surface area contributed by atoms with Crippen LogP contribution >= 0.6 is 11.3 Å². The molecule has 8 nitrogen and oxygen atoms in total. The lowest BCUT2D eigenvalue weighted by Gasteiger charge is -2.09. The Kier molecular flexibility index (Phi) is 3.83. The molecule has 2 aromatic rings. The maximum atomic E-state index is 12.5. The Morgan fingerprint density at radius 1 is 1.52 bits per heavy atom. The van der Waals surface area contributed by atoms with E-state index < -0.39 is 11.2 Å². The lowest BCUT2D eigenvalue weighted by atomic mass is 10.3. The average Bonchev–Trinajstić information content (AvgIpc) is 3.25. The molecule has 0 saturated heterocycles. The number of carbonyl (C=O) groups is 1. The number of nitrogens with zero attached hydrogens (tertiary/aromatic N) is 4. The molecule has 2 aromatic heterocycles. The van der Waals surface area contributed by atoms with Crippen LogP contribution in [0, 0.1) is 11.3 Å². The Hall–Kier alpha value is -2.73. The van der Waals surface area contributed by atoms with E-state index in [0.717, 1.165) is 17.4 Å². The Bertz CT molecular complexity index is 929. The zero-order valence-corrected chi connectivity index (χ0v) is 13.1.